The van der Waals surface area contributed by atoms with E-state index in [-0.39, 0.29) is 5.69 Å². The number of nitrogens with one attached hydrogen (secondary N) is 2. The Morgan fingerprint density at radius 3 is 2.65 bits per heavy atom. The van der Waals surface area contributed by atoms with E-state index in [0.717, 1.165) is 16.8 Å². The first-order valence-electron chi connectivity index (χ1n) is 5.92. The number of ether oxygens (including phenoxy) is 1. The minimum absolute atomic E-state index is 0.244. The molecule has 1 heterocycles. The zero-order chi connectivity index (χ0) is 14.9. The van der Waals surface area contributed by atoms with Crippen molar-refractivity contribution in [1.29, 1.82) is 0 Å². The van der Waals surface area contributed by atoms with Crippen molar-refractivity contribution in [2.45, 2.75) is 18.4 Å². The molecule has 1 fully saturated rings. The highest BCUT2D eigenvalue weighted by molar-refractivity contribution is 5.95. The number of halogens is 1. The van der Waals surface area contributed by atoms with Gasteiger partial charge < -0.3 is 19.9 Å². The standard InChI is InChI=1S/C12H14FN3O4/c1-16-6-7(13)8(5-9(16)17)14-11(19)15-12(3-4-12)10(18)20-2/h5-6H,3-4H2,1-2H3,(H2,14,15,19). The molecule has 0 aromatic carbocycles. The van der Waals surface area contributed by atoms with Gasteiger partial charge in [0.15, 0.2) is 5.82 Å². The second-order valence-corrected chi connectivity index (χ2v) is 4.64. The highest BCUT2D eigenvalue weighted by Gasteiger charge is 2.52. The summed E-state index contributed by atoms with van der Waals surface area (Å²) in [7, 11) is 2.62. The molecule has 2 rings (SSSR count). The molecule has 7 nitrogen and oxygen atoms in total. The van der Waals surface area contributed by atoms with Crippen LogP contribution in [-0.2, 0) is 16.6 Å². The van der Waals surface area contributed by atoms with Crippen LogP contribution in [0.25, 0.3) is 0 Å². The van der Waals surface area contributed by atoms with Gasteiger partial charge in [0.05, 0.1) is 12.8 Å². The van der Waals surface area contributed by atoms with Gasteiger partial charge >= 0.3 is 12.0 Å². The Labute approximate surface area is 113 Å². The first-order valence-corrected chi connectivity index (χ1v) is 5.92. The zero-order valence-electron chi connectivity index (χ0n) is 11.0. The van der Waals surface area contributed by atoms with Crippen LogP contribution in [0.4, 0.5) is 14.9 Å². The topological polar surface area (TPSA) is 89.4 Å². The van der Waals surface area contributed by atoms with Crippen LogP contribution in [0.5, 0.6) is 0 Å². The number of pyridine rings is 1. The van der Waals surface area contributed by atoms with Crippen LogP contribution in [0.3, 0.4) is 0 Å². The van der Waals surface area contributed by atoms with Gasteiger partial charge in [-0.1, -0.05) is 0 Å². The monoisotopic (exact) mass is 283 g/mol. The summed E-state index contributed by atoms with van der Waals surface area (Å²) >= 11 is 0. The lowest BCUT2D eigenvalue weighted by Gasteiger charge is -2.15. The molecule has 8 heteroatoms. The number of amides is 2. The normalized spacial score (nSPS) is 15.3. The lowest BCUT2D eigenvalue weighted by molar-refractivity contribution is -0.144. The molecule has 1 aromatic rings. The third kappa shape index (κ3) is 2.63. The van der Waals surface area contributed by atoms with Gasteiger partial charge in [-0.05, 0) is 12.8 Å². The van der Waals surface area contributed by atoms with Crippen LogP contribution in [0, 0.1) is 5.82 Å². The molecular weight excluding hydrogens is 269 g/mol. The van der Waals surface area contributed by atoms with Gasteiger partial charge in [0.1, 0.15) is 5.54 Å². The third-order valence-corrected chi connectivity index (χ3v) is 3.11. The molecular formula is C12H14FN3O4. The van der Waals surface area contributed by atoms with Crippen LogP contribution in [0.1, 0.15) is 12.8 Å². The fraction of sp³-hybridized carbons (Fsp3) is 0.417. The van der Waals surface area contributed by atoms with Gasteiger partial charge in [0.2, 0.25) is 0 Å². The summed E-state index contributed by atoms with van der Waals surface area (Å²) in [5.74, 6) is -1.29. The van der Waals surface area contributed by atoms with E-state index in [1.807, 2.05) is 0 Å². The number of anilines is 1. The van der Waals surface area contributed by atoms with Gasteiger partial charge in [-0.15, -0.1) is 0 Å². The maximum Gasteiger partial charge on any atom is 0.331 e. The molecule has 0 unspecified atom stereocenters. The Morgan fingerprint density at radius 2 is 2.10 bits per heavy atom. The van der Waals surface area contributed by atoms with Gasteiger partial charge in [-0.25, -0.2) is 14.0 Å². The van der Waals surface area contributed by atoms with E-state index in [1.165, 1.54) is 14.2 Å². The quantitative estimate of drug-likeness (QED) is 0.783. The first-order chi connectivity index (χ1) is 9.38. The van der Waals surface area contributed by atoms with Crippen molar-refractivity contribution in [1.82, 2.24) is 9.88 Å². The summed E-state index contributed by atoms with van der Waals surface area (Å²) in [5.41, 5.74) is -1.74. The summed E-state index contributed by atoms with van der Waals surface area (Å²) in [4.78, 5) is 34.6. The number of urea groups is 1. The van der Waals surface area contributed by atoms with Gasteiger partial charge in [0, 0.05) is 19.3 Å². The molecule has 0 radical (unpaired) electrons. The van der Waals surface area contributed by atoms with Crippen molar-refractivity contribution in [3.63, 3.8) is 0 Å². The summed E-state index contributed by atoms with van der Waals surface area (Å²) in [6.07, 6.45) is 1.89. The van der Waals surface area contributed by atoms with Crippen molar-refractivity contribution in [2.75, 3.05) is 12.4 Å². The van der Waals surface area contributed by atoms with E-state index < -0.39 is 28.9 Å². The largest absolute Gasteiger partial charge is 0.467 e. The summed E-state index contributed by atoms with van der Waals surface area (Å²) in [6, 6.07) is 0.201. The molecule has 0 aliphatic heterocycles. The van der Waals surface area contributed by atoms with Crippen LogP contribution in [0.2, 0.25) is 0 Å². The number of carbonyl (C=O) groups is 2. The van der Waals surface area contributed by atoms with E-state index in [2.05, 4.69) is 15.4 Å². The lowest BCUT2D eigenvalue weighted by Crippen LogP contribution is -2.46. The molecule has 0 bridgehead atoms. The molecule has 1 aliphatic carbocycles. The van der Waals surface area contributed by atoms with Crippen molar-refractivity contribution in [3.05, 3.63) is 28.4 Å². The number of methoxy groups -OCH3 is 1. The van der Waals surface area contributed by atoms with E-state index in [1.54, 1.807) is 0 Å². The van der Waals surface area contributed by atoms with Crippen molar-refractivity contribution in [3.8, 4) is 0 Å². The highest BCUT2D eigenvalue weighted by Crippen LogP contribution is 2.36. The molecule has 1 saturated carbocycles. The second-order valence-electron chi connectivity index (χ2n) is 4.64. The number of aromatic nitrogens is 1. The number of hydrogen-bond donors (Lipinski definition) is 2. The number of nitrogens with zero attached hydrogens (tertiary/aromatic N) is 1. The van der Waals surface area contributed by atoms with Crippen LogP contribution in [-0.4, -0.2) is 29.2 Å². The Balaban J connectivity index is 2.08. The molecule has 108 valence electrons. The summed E-state index contributed by atoms with van der Waals surface area (Å²) < 4.78 is 19.2. The molecule has 1 aromatic heterocycles. The third-order valence-electron chi connectivity index (χ3n) is 3.11. The zero-order valence-corrected chi connectivity index (χ0v) is 11.0. The van der Waals surface area contributed by atoms with E-state index in [4.69, 9.17) is 0 Å². The van der Waals surface area contributed by atoms with E-state index >= 15 is 0 Å². The highest BCUT2D eigenvalue weighted by atomic mass is 19.1. The summed E-state index contributed by atoms with van der Waals surface area (Å²) in [5, 5.41) is 4.63. The van der Waals surface area contributed by atoms with Crippen molar-refractivity contribution >= 4 is 17.7 Å². The average Bonchev–Trinajstić information content (AvgIpc) is 3.15. The molecule has 0 saturated heterocycles. The maximum atomic E-state index is 13.6. The minimum Gasteiger partial charge on any atom is -0.467 e. The van der Waals surface area contributed by atoms with Crippen molar-refractivity contribution in [2.24, 2.45) is 7.05 Å². The molecule has 2 amide bonds. The number of rotatable bonds is 3. The summed E-state index contributed by atoms with van der Waals surface area (Å²) in [6.45, 7) is 0. The lowest BCUT2D eigenvalue weighted by atomic mass is 10.3. The van der Waals surface area contributed by atoms with E-state index in [0.29, 0.717) is 12.8 Å². The van der Waals surface area contributed by atoms with Crippen LogP contribution in [0.15, 0.2) is 17.1 Å². The Kier molecular flexibility index (Phi) is 3.47. The fourth-order valence-electron chi connectivity index (χ4n) is 1.76. The second kappa shape index (κ2) is 4.95. The van der Waals surface area contributed by atoms with Crippen LogP contribution >= 0.6 is 0 Å². The number of aryl methyl sites for hydroxylation is 1. The fourth-order valence-corrected chi connectivity index (χ4v) is 1.76. The molecule has 0 atom stereocenters. The molecule has 1 aliphatic rings. The molecule has 0 spiro atoms. The smallest absolute Gasteiger partial charge is 0.331 e. The first kappa shape index (κ1) is 14.0. The average molecular weight is 283 g/mol. The Hall–Kier alpha value is -2.38. The number of carbonyl (C=O) groups excluding carboxylic acids is 2. The SMILES string of the molecule is COC(=O)C1(NC(=O)Nc2cc(=O)n(C)cc2F)CC1. The predicted octanol–water partition coefficient (Wildman–Crippen LogP) is 0.351. The van der Waals surface area contributed by atoms with Gasteiger partial charge in [-0.2, -0.15) is 0 Å². The number of hydrogen-bond acceptors (Lipinski definition) is 4. The van der Waals surface area contributed by atoms with Crippen LogP contribution < -0.4 is 16.2 Å². The van der Waals surface area contributed by atoms with Gasteiger partial charge in [-0.3, -0.25) is 4.79 Å². The Bertz CT molecular complexity index is 622. The molecule has 20 heavy (non-hydrogen) atoms. The van der Waals surface area contributed by atoms with Crippen molar-refractivity contribution < 1.29 is 18.7 Å². The maximum absolute atomic E-state index is 13.6. The minimum atomic E-state index is -1.03. The van der Waals surface area contributed by atoms with E-state index in [9.17, 15) is 18.8 Å². The number of esters is 1. The molecule has 2 N–H and O–H groups in total. The van der Waals surface area contributed by atoms with Gasteiger partial charge in [0.25, 0.3) is 5.56 Å². The predicted molar refractivity (Wildman–Crippen MR) is 67.8 cm³/mol. The Morgan fingerprint density at radius 1 is 1.45 bits per heavy atom.